The van der Waals surface area contributed by atoms with Crippen LogP contribution in [0.2, 0.25) is 5.02 Å². The highest BCUT2D eigenvalue weighted by atomic mass is 35.5. The quantitative estimate of drug-likeness (QED) is 0.319. The average molecular weight is 579 g/mol. The lowest BCUT2D eigenvalue weighted by atomic mass is 9.94. The van der Waals surface area contributed by atoms with Gasteiger partial charge in [0.1, 0.15) is 11.6 Å². The van der Waals surface area contributed by atoms with Crippen molar-refractivity contribution in [1.82, 2.24) is 24.6 Å². The van der Waals surface area contributed by atoms with E-state index >= 15 is 0 Å². The van der Waals surface area contributed by atoms with Crippen LogP contribution in [0.5, 0.6) is 0 Å². The minimum absolute atomic E-state index is 0.0574. The molecule has 2 aromatic carbocycles. The molecule has 1 aliphatic rings. The largest absolute Gasteiger partial charge is 0.383 e. The molecule has 2 N–H and O–H groups in total. The number of benzene rings is 2. The first-order chi connectivity index (χ1) is 19.7. The Bertz CT molecular complexity index is 1610. The highest BCUT2D eigenvalue weighted by Crippen LogP contribution is 2.32. The molecule has 0 unspecified atom stereocenters. The van der Waals surface area contributed by atoms with Gasteiger partial charge >= 0.3 is 6.03 Å². The summed E-state index contributed by atoms with van der Waals surface area (Å²) in [5.74, 6) is -0.165. The van der Waals surface area contributed by atoms with Crippen LogP contribution < -0.4 is 16.2 Å². The predicted molar refractivity (Wildman–Crippen MR) is 157 cm³/mol. The van der Waals surface area contributed by atoms with Crippen LogP contribution in [0.15, 0.2) is 71.7 Å². The van der Waals surface area contributed by atoms with Crippen LogP contribution in [0.4, 0.5) is 15.0 Å². The van der Waals surface area contributed by atoms with E-state index in [1.807, 2.05) is 43.3 Å². The third-order valence-electron chi connectivity index (χ3n) is 7.43. The van der Waals surface area contributed by atoms with Crippen molar-refractivity contribution in [2.24, 2.45) is 7.05 Å². The molecular formula is C30H32ClFN6O3. The van der Waals surface area contributed by atoms with Crippen LogP contribution in [-0.2, 0) is 11.8 Å². The average Bonchev–Trinajstić information content (AvgIpc) is 3.51. The molecule has 2 amide bonds. The number of carbonyl (C=O) groups excluding carboxylic acids is 1. The second-order valence-corrected chi connectivity index (χ2v) is 10.6. The minimum Gasteiger partial charge on any atom is -0.383 e. The highest BCUT2D eigenvalue weighted by Gasteiger charge is 2.35. The zero-order chi connectivity index (χ0) is 29.1. The number of aromatic nitrogens is 3. The zero-order valence-electron chi connectivity index (χ0n) is 23.1. The number of likely N-dealkylation sites (tertiary alicyclic amines) is 1. The van der Waals surface area contributed by atoms with Crippen molar-refractivity contribution >= 4 is 23.4 Å². The van der Waals surface area contributed by atoms with Crippen LogP contribution in [-0.4, -0.2) is 64.7 Å². The first kappa shape index (κ1) is 28.5. The van der Waals surface area contributed by atoms with Crippen molar-refractivity contribution in [3.63, 3.8) is 0 Å². The molecule has 9 nitrogen and oxygen atoms in total. The monoisotopic (exact) mass is 578 g/mol. The van der Waals surface area contributed by atoms with Crippen molar-refractivity contribution in [1.29, 1.82) is 0 Å². The van der Waals surface area contributed by atoms with Crippen molar-refractivity contribution in [3.05, 3.63) is 99.2 Å². The van der Waals surface area contributed by atoms with E-state index in [0.717, 1.165) is 11.3 Å². The maximum absolute atomic E-state index is 14.4. The molecule has 214 valence electrons. The topological polar surface area (TPSA) is 93.4 Å². The summed E-state index contributed by atoms with van der Waals surface area (Å²) in [7, 11) is 3.33. The molecule has 4 aromatic rings. The number of ether oxygens (including phenoxy) is 1. The molecule has 11 heteroatoms. The van der Waals surface area contributed by atoms with E-state index in [0.29, 0.717) is 48.9 Å². The maximum Gasteiger partial charge on any atom is 0.320 e. The number of urea groups is 1. The van der Waals surface area contributed by atoms with Gasteiger partial charge in [-0.3, -0.25) is 15.0 Å². The Kier molecular flexibility index (Phi) is 8.53. The molecule has 2 aromatic heterocycles. The van der Waals surface area contributed by atoms with Gasteiger partial charge in [0, 0.05) is 63.1 Å². The smallest absolute Gasteiger partial charge is 0.320 e. The van der Waals surface area contributed by atoms with Gasteiger partial charge in [0.15, 0.2) is 0 Å². The Labute approximate surface area is 242 Å². The van der Waals surface area contributed by atoms with Crippen LogP contribution in [0.25, 0.3) is 16.9 Å². The molecule has 0 saturated carbocycles. The third-order valence-corrected chi connectivity index (χ3v) is 7.73. The SMILES string of the molecule is COCCN1C[C@H](NC(=O)Nc2c(C)c(-c3ccn(C)c(=O)c3)nn2-c2ccccc2)[C@@H](c2ccc(Cl)c(F)c2)C1. The fourth-order valence-corrected chi connectivity index (χ4v) is 5.31. The summed E-state index contributed by atoms with van der Waals surface area (Å²) < 4.78 is 22.7. The van der Waals surface area contributed by atoms with Crippen LogP contribution >= 0.6 is 11.6 Å². The molecule has 0 spiro atoms. The van der Waals surface area contributed by atoms with E-state index in [1.54, 1.807) is 37.2 Å². The summed E-state index contributed by atoms with van der Waals surface area (Å²) in [6, 6.07) is 16.9. The zero-order valence-corrected chi connectivity index (χ0v) is 23.9. The molecule has 5 rings (SSSR count). The number of para-hydroxylation sites is 1. The molecule has 0 radical (unpaired) electrons. The second kappa shape index (κ2) is 12.3. The molecule has 1 fully saturated rings. The van der Waals surface area contributed by atoms with E-state index in [4.69, 9.17) is 21.4 Å². The summed E-state index contributed by atoms with van der Waals surface area (Å²) in [5, 5.41) is 10.9. The molecule has 41 heavy (non-hydrogen) atoms. The predicted octanol–water partition coefficient (Wildman–Crippen LogP) is 4.57. The molecule has 3 heterocycles. The lowest BCUT2D eigenvalue weighted by Crippen LogP contribution is -2.42. The van der Waals surface area contributed by atoms with Crippen LogP contribution in [0, 0.1) is 12.7 Å². The Morgan fingerprint density at radius 1 is 1.15 bits per heavy atom. The highest BCUT2D eigenvalue weighted by molar-refractivity contribution is 6.30. The van der Waals surface area contributed by atoms with Gasteiger partial charge in [0.2, 0.25) is 0 Å². The molecular weight excluding hydrogens is 547 g/mol. The van der Waals surface area contributed by atoms with Gasteiger partial charge in [0.05, 0.1) is 29.1 Å². The number of amides is 2. The number of hydrogen-bond acceptors (Lipinski definition) is 5. The van der Waals surface area contributed by atoms with Gasteiger partial charge < -0.3 is 14.6 Å². The summed E-state index contributed by atoms with van der Waals surface area (Å²) in [5.41, 5.74) is 3.30. The van der Waals surface area contributed by atoms with E-state index < -0.39 is 11.8 Å². The fraction of sp³-hybridized carbons (Fsp3) is 0.300. The van der Waals surface area contributed by atoms with Gasteiger partial charge in [-0.2, -0.15) is 5.10 Å². The lowest BCUT2D eigenvalue weighted by Gasteiger charge is -2.21. The number of carbonyl (C=O) groups is 1. The van der Waals surface area contributed by atoms with Crippen molar-refractivity contribution in [2.45, 2.75) is 18.9 Å². The van der Waals surface area contributed by atoms with Crippen molar-refractivity contribution in [2.75, 3.05) is 38.7 Å². The van der Waals surface area contributed by atoms with E-state index in [1.165, 1.54) is 16.7 Å². The number of hydrogen-bond donors (Lipinski definition) is 2. The lowest BCUT2D eigenvalue weighted by molar-refractivity contribution is 0.159. The van der Waals surface area contributed by atoms with Gasteiger partial charge in [-0.1, -0.05) is 35.9 Å². The molecule has 1 saturated heterocycles. The van der Waals surface area contributed by atoms with E-state index in [9.17, 15) is 14.0 Å². The molecule has 0 aliphatic carbocycles. The Balaban J connectivity index is 1.44. The van der Waals surface area contributed by atoms with Crippen molar-refractivity contribution < 1.29 is 13.9 Å². The van der Waals surface area contributed by atoms with Gasteiger partial charge in [0.25, 0.3) is 5.56 Å². The first-order valence-corrected chi connectivity index (χ1v) is 13.7. The van der Waals surface area contributed by atoms with E-state index in [-0.39, 0.29) is 22.5 Å². The number of nitrogens with one attached hydrogen (secondary N) is 2. The fourth-order valence-electron chi connectivity index (χ4n) is 5.20. The summed E-state index contributed by atoms with van der Waals surface area (Å²) in [6.45, 7) is 4.28. The Morgan fingerprint density at radius 2 is 1.93 bits per heavy atom. The number of nitrogens with zero attached hydrogens (tertiary/aromatic N) is 4. The first-order valence-electron chi connectivity index (χ1n) is 13.3. The molecule has 2 atom stereocenters. The summed E-state index contributed by atoms with van der Waals surface area (Å²) >= 11 is 5.93. The number of pyridine rings is 1. The maximum atomic E-state index is 14.4. The van der Waals surface area contributed by atoms with E-state index in [2.05, 4.69) is 15.5 Å². The molecule has 1 aliphatic heterocycles. The Morgan fingerprint density at radius 3 is 2.63 bits per heavy atom. The van der Waals surface area contributed by atoms with Gasteiger partial charge in [-0.15, -0.1) is 0 Å². The van der Waals surface area contributed by atoms with Crippen molar-refractivity contribution in [3.8, 4) is 16.9 Å². The second-order valence-electron chi connectivity index (χ2n) is 10.2. The van der Waals surface area contributed by atoms with Crippen LogP contribution in [0.3, 0.4) is 0 Å². The number of halogens is 2. The third kappa shape index (κ3) is 6.19. The van der Waals surface area contributed by atoms with Crippen LogP contribution in [0.1, 0.15) is 17.0 Å². The molecule has 0 bridgehead atoms. The Hall–Kier alpha value is -3.99. The number of rotatable bonds is 8. The number of anilines is 1. The summed E-state index contributed by atoms with van der Waals surface area (Å²) in [4.78, 5) is 28.0. The van der Waals surface area contributed by atoms with Gasteiger partial charge in [-0.05, 0) is 42.8 Å². The minimum atomic E-state index is -0.492. The normalized spacial score (nSPS) is 17.1. The van der Waals surface area contributed by atoms with Gasteiger partial charge in [-0.25, -0.2) is 13.9 Å². The number of aryl methyl sites for hydroxylation is 1. The number of methoxy groups -OCH3 is 1. The summed E-state index contributed by atoms with van der Waals surface area (Å²) in [6.07, 6.45) is 1.69. The standard InChI is InChI=1S/C30H32ClFN6O3/c1-19-28(21-11-12-36(2)27(39)16-21)35-38(22-7-5-4-6-8-22)29(19)34-30(40)33-26-18-37(13-14-41-3)17-23(26)20-9-10-24(31)25(32)15-20/h4-12,15-16,23,26H,13-14,17-18H2,1-3H3,(H2,33,34,40)/t23-,26+/m1/s1.